The normalized spacial score (nSPS) is 17.4. The Bertz CT molecular complexity index is 1230. The van der Waals surface area contributed by atoms with Gasteiger partial charge in [0.1, 0.15) is 5.54 Å². The molecule has 188 valence electrons. The number of nitrogens with one attached hydrogen (secondary N) is 3. The van der Waals surface area contributed by atoms with E-state index in [9.17, 15) is 27.9 Å². The molecule has 11 heteroatoms. The zero-order chi connectivity index (χ0) is 25.8. The number of halogens is 3. The first-order valence-electron chi connectivity index (χ1n) is 11.0. The predicted molar refractivity (Wildman–Crippen MR) is 125 cm³/mol. The van der Waals surface area contributed by atoms with Crippen LogP contribution in [0.25, 0.3) is 0 Å². The Morgan fingerprint density at radius 2 is 1.81 bits per heavy atom. The van der Waals surface area contributed by atoms with Crippen LogP contribution in [0.3, 0.4) is 0 Å². The van der Waals surface area contributed by atoms with Gasteiger partial charge in [-0.15, -0.1) is 0 Å². The molecule has 1 saturated heterocycles. The van der Waals surface area contributed by atoms with Gasteiger partial charge >= 0.3 is 6.18 Å². The number of carbonyl (C=O) groups is 2. The molecule has 36 heavy (non-hydrogen) atoms. The third-order valence-electron chi connectivity index (χ3n) is 5.74. The highest BCUT2D eigenvalue weighted by Gasteiger charge is 2.43. The van der Waals surface area contributed by atoms with Crippen LogP contribution in [0.4, 0.5) is 24.5 Å². The third-order valence-corrected chi connectivity index (χ3v) is 5.74. The van der Waals surface area contributed by atoms with E-state index in [-0.39, 0.29) is 36.7 Å². The topological polar surface area (TPSA) is 113 Å². The fourth-order valence-corrected chi connectivity index (χ4v) is 3.76. The van der Waals surface area contributed by atoms with Gasteiger partial charge in [0.25, 0.3) is 5.91 Å². The van der Waals surface area contributed by atoms with E-state index in [0.717, 1.165) is 6.07 Å². The van der Waals surface area contributed by atoms with Gasteiger partial charge in [0, 0.05) is 37.5 Å². The SMILES string of the molecule is O=C(N[C@@]1(C(=O)NCc2ccc(Nc3ccccc3C(F)(F)F)cc2)CCOC1)c1ccc(O)nc1. The van der Waals surface area contributed by atoms with Gasteiger partial charge in [0.05, 0.1) is 23.4 Å². The Hall–Kier alpha value is -4.12. The standard InChI is InChI=1S/C25H23F3N4O4/c26-25(27,28)19-3-1-2-4-20(19)31-18-8-5-16(6-9-18)13-30-23(35)24(11-12-36-15-24)32-22(34)17-7-10-21(33)29-14-17/h1-10,14,31H,11-13,15H2,(H,29,33)(H,30,35)(H,32,34)/t24-/m0/s1. The van der Waals surface area contributed by atoms with Crippen LogP contribution in [0.2, 0.25) is 0 Å². The molecule has 1 aliphatic rings. The van der Waals surface area contributed by atoms with E-state index in [0.29, 0.717) is 17.9 Å². The Balaban J connectivity index is 1.38. The number of anilines is 2. The van der Waals surface area contributed by atoms with Gasteiger partial charge in [0.15, 0.2) is 0 Å². The number of amides is 2. The molecule has 0 saturated carbocycles. The number of alkyl halides is 3. The fourth-order valence-electron chi connectivity index (χ4n) is 3.76. The number of nitrogens with zero attached hydrogens (tertiary/aromatic N) is 1. The molecule has 1 fully saturated rings. The molecule has 8 nitrogen and oxygen atoms in total. The van der Waals surface area contributed by atoms with E-state index in [4.69, 9.17) is 4.74 Å². The lowest BCUT2D eigenvalue weighted by Gasteiger charge is -2.27. The highest BCUT2D eigenvalue weighted by atomic mass is 19.4. The molecule has 2 aromatic carbocycles. The molecular weight excluding hydrogens is 477 g/mol. The van der Waals surface area contributed by atoms with Crippen molar-refractivity contribution in [2.45, 2.75) is 24.7 Å². The van der Waals surface area contributed by atoms with Crippen molar-refractivity contribution in [3.05, 3.63) is 83.6 Å². The van der Waals surface area contributed by atoms with Gasteiger partial charge in [-0.05, 0) is 35.9 Å². The maximum atomic E-state index is 13.2. The third kappa shape index (κ3) is 5.74. The molecule has 2 amide bonds. The summed E-state index contributed by atoms with van der Waals surface area (Å²) >= 11 is 0. The molecule has 2 heterocycles. The second-order valence-corrected chi connectivity index (χ2v) is 8.29. The molecule has 4 N–H and O–H groups in total. The summed E-state index contributed by atoms with van der Waals surface area (Å²) in [5.41, 5.74) is -0.748. The summed E-state index contributed by atoms with van der Waals surface area (Å²) in [6.07, 6.45) is -3.01. The molecular formula is C25H23F3N4O4. The first kappa shape index (κ1) is 25.0. The highest BCUT2D eigenvalue weighted by molar-refractivity contribution is 5.99. The summed E-state index contributed by atoms with van der Waals surface area (Å²) < 4.78 is 45.0. The zero-order valence-electron chi connectivity index (χ0n) is 18.9. The minimum absolute atomic E-state index is 0.00242. The Kier molecular flexibility index (Phi) is 7.11. The first-order chi connectivity index (χ1) is 17.2. The number of para-hydroxylation sites is 1. The second-order valence-electron chi connectivity index (χ2n) is 8.29. The molecule has 0 unspecified atom stereocenters. The highest BCUT2D eigenvalue weighted by Crippen LogP contribution is 2.35. The average molecular weight is 500 g/mol. The fraction of sp³-hybridized carbons (Fsp3) is 0.240. The van der Waals surface area contributed by atoms with Gasteiger partial charge in [-0.3, -0.25) is 9.59 Å². The van der Waals surface area contributed by atoms with Gasteiger partial charge < -0.3 is 25.8 Å². The first-order valence-corrected chi connectivity index (χ1v) is 11.0. The molecule has 1 aromatic heterocycles. The van der Waals surface area contributed by atoms with Crippen LogP contribution in [-0.2, 0) is 22.3 Å². The Morgan fingerprint density at radius 3 is 2.44 bits per heavy atom. The Morgan fingerprint density at radius 1 is 1.06 bits per heavy atom. The van der Waals surface area contributed by atoms with Gasteiger partial charge in [0.2, 0.25) is 11.8 Å². The van der Waals surface area contributed by atoms with Crippen molar-refractivity contribution in [2.24, 2.45) is 0 Å². The average Bonchev–Trinajstić information content (AvgIpc) is 3.33. The number of ether oxygens (including phenoxy) is 1. The number of aromatic hydroxyl groups is 1. The van der Waals surface area contributed by atoms with E-state index in [1.165, 1.54) is 36.5 Å². The van der Waals surface area contributed by atoms with Crippen LogP contribution in [0, 0.1) is 0 Å². The molecule has 0 radical (unpaired) electrons. The second kappa shape index (κ2) is 10.2. The van der Waals surface area contributed by atoms with E-state index >= 15 is 0 Å². The molecule has 0 aliphatic carbocycles. The number of carbonyl (C=O) groups excluding carboxylic acids is 2. The van der Waals surface area contributed by atoms with E-state index in [2.05, 4.69) is 20.9 Å². The lowest BCUT2D eigenvalue weighted by atomic mass is 9.96. The summed E-state index contributed by atoms with van der Waals surface area (Å²) in [6.45, 7) is 0.426. The number of benzene rings is 2. The minimum atomic E-state index is -4.48. The molecule has 0 bridgehead atoms. The summed E-state index contributed by atoms with van der Waals surface area (Å²) in [7, 11) is 0. The molecule has 0 spiro atoms. The van der Waals surface area contributed by atoms with Gasteiger partial charge in [-0.2, -0.15) is 13.2 Å². The number of aromatic nitrogens is 1. The van der Waals surface area contributed by atoms with Crippen LogP contribution < -0.4 is 16.0 Å². The van der Waals surface area contributed by atoms with Crippen molar-refractivity contribution in [3.8, 4) is 5.88 Å². The lowest BCUT2D eigenvalue weighted by Crippen LogP contribution is -2.59. The Labute approximate surface area is 204 Å². The van der Waals surface area contributed by atoms with Crippen molar-refractivity contribution in [1.29, 1.82) is 0 Å². The summed E-state index contributed by atoms with van der Waals surface area (Å²) in [4.78, 5) is 29.3. The van der Waals surface area contributed by atoms with Gasteiger partial charge in [-0.25, -0.2) is 4.98 Å². The maximum absolute atomic E-state index is 13.2. The van der Waals surface area contributed by atoms with Crippen molar-refractivity contribution >= 4 is 23.2 Å². The monoisotopic (exact) mass is 500 g/mol. The van der Waals surface area contributed by atoms with Crippen molar-refractivity contribution in [1.82, 2.24) is 15.6 Å². The van der Waals surface area contributed by atoms with Crippen molar-refractivity contribution < 1.29 is 32.6 Å². The largest absolute Gasteiger partial charge is 0.493 e. The molecule has 1 atom stereocenters. The molecule has 4 rings (SSSR count). The number of pyridine rings is 1. The van der Waals surface area contributed by atoms with Crippen molar-refractivity contribution in [3.63, 3.8) is 0 Å². The summed E-state index contributed by atoms with van der Waals surface area (Å²) in [6, 6.07) is 14.4. The number of hydrogen-bond acceptors (Lipinski definition) is 6. The van der Waals surface area contributed by atoms with E-state index in [1.54, 1.807) is 24.3 Å². The quantitative estimate of drug-likeness (QED) is 0.393. The maximum Gasteiger partial charge on any atom is 0.418 e. The van der Waals surface area contributed by atoms with E-state index < -0.39 is 29.1 Å². The van der Waals surface area contributed by atoms with Gasteiger partial charge in [-0.1, -0.05) is 24.3 Å². The van der Waals surface area contributed by atoms with Crippen LogP contribution in [0.1, 0.15) is 27.9 Å². The lowest BCUT2D eigenvalue weighted by molar-refractivity contribution is -0.137. The van der Waals surface area contributed by atoms with Crippen molar-refractivity contribution in [2.75, 3.05) is 18.5 Å². The number of rotatable bonds is 7. The van der Waals surface area contributed by atoms with Crippen LogP contribution in [0.15, 0.2) is 66.9 Å². The van der Waals surface area contributed by atoms with Crippen LogP contribution in [0.5, 0.6) is 5.88 Å². The summed E-state index contributed by atoms with van der Waals surface area (Å²) in [5, 5.41) is 17.6. The van der Waals surface area contributed by atoms with Crippen LogP contribution >= 0.6 is 0 Å². The minimum Gasteiger partial charge on any atom is -0.493 e. The number of hydrogen-bond donors (Lipinski definition) is 4. The van der Waals surface area contributed by atoms with Crippen LogP contribution in [-0.4, -0.2) is 40.7 Å². The predicted octanol–water partition coefficient (Wildman–Crippen LogP) is 3.75. The summed E-state index contributed by atoms with van der Waals surface area (Å²) in [5.74, 6) is -1.19. The smallest absolute Gasteiger partial charge is 0.418 e. The molecule has 3 aromatic rings. The van der Waals surface area contributed by atoms with E-state index in [1.807, 2.05) is 0 Å². The molecule has 1 aliphatic heterocycles. The zero-order valence-corrected chi connectivity index (χ0v) is 18.9.